The number of methoxy groups -OCH3 is 2. The average molecular weight is 587 g/mol. The maximum Gasteiger partial charge on any atom is 0.100 e. The SMILES string of the molecule is COC1=CC=C[C@H](P(c2ccccc2)c2ccccc2)C1[C@@H]1C(P(c2ccccc2)c2ccccc2)=CC=CC1OC. The summed E-state index contributed by atoms with van der Waals surface area (Å²) < 4.78 is 12.6. The van der Waals surface area contributed by atoms with Crippen molar-refractivity contribution in [3.05, 3.63) is 169 Å². The quantitative estimate of drug-likeness (QED) is 0.190. The number of rotatable bonds is 9. The Balaban J connectivity index is 1.54. The summed E-state index contributed by atoms with van der Waals surface area (Å²) in [6, 6.07) is 44.0. The minimum Gasteiger partial charge on any atom is -0.501 e. The van der Waals surface area contributed by atoms with Crippen LogP contribution in [0.25, 0.3) is 0 Å². The largest absolute Gasteiger partial charge is 0.501 e. The molecule has 0 aromatic heterocycles. The molecule has 0 aliphatic heterocycles. The van der Waals surface area contributed by atoms with Crippen molar-refractivity contribution >= 4 is 37.1 Å². The van der Waals surface area contributed by atoms with Crippen molar-refractivity contribution in [3.63, 3.8) is 0 Å². The van der Waals surface area contributed by atoms with Gasteiger partial charge in [-0.05, 0) is 48.5 Å². The van der Waals surface area contributed by atoms with E-state index in [0.29, 0.717) is 0 Å². The first-order valence-corrected chi connectivity index (χ1v) is 17.2. The van der Waals surface area contributed by atoms with Crippen LogP contribution in [-0.2, 0) is 9.47 Å². The highest BCUT2D eigenvalue weighted by molar-refractivity contribution is 7.76. The summed E-state index contributed by atoms with van der Waals surface area (Å²) in [5.74, 6) is 1.20. The van der Waals surface area contributed by atoms with Gasteiger partial charge in [0.25, 0.3) is 0 Å². The van der Waals surface area contributed by atoms with E-state index in [1.54, 1.807) is 0 Å². The van der Waals surface area contributed by atoms with Crippen molar-refractivity contribution in [1.29, 1.82) is 0 Å². The third-order valence-corrected chi connectivity index (χ3v) is 13.5. The number of hydrogen-bond donors (Lipinski definition) is 0. The maximum atomic E-state index is 6.32. The van der Waals surface area contributed by atoms with Crippen molar-refractivity contribution in [2.24, 2.45) is 11.8 Å². The molecule has 0 heterocycles. The topological polar surface area (TPSA) is 18.5 Å². The van der Waals surface area contributed by atoms with Gasteiger partial charge in [-0.1, -0.05) is 152 Å². The maximum absolute atomic E-state index is 6.32. The first-order valence-electron chi connectivity index (χ1n) is 14.4. The van der Waals surface area contributed by atoms with Crippen LogP contribution >= 0.6 is 15.8 Å². The fraction of sp³-hybridized carbons (Fsp3) is 0.158. The monoisotopic (exact) mass is 586 g/mol. The minimum absolute atomic E-state index is 0.0802. The minimum atomic E-state index is -0.806. The zero-order chi connectivity index (χ0) is 28.7. The Kier molecular flexibility index (Phi) is 9.27. The molecule has 4 heteroatoms. The second kappa shape index (κ2) is 13.6. The fourth-order valence-electron chi connectivity index (χ4n) is 6.28. The molecule has 4 aromatic rings. The van der Waals surface area contributed by atoms with Gasteiger partial charge in [-0.15, -0.1) is 0 Å². The molecule has 0 saturated heterocycles. The first-order chi connectivity index (χ1) is 20.8. The molecule has 0 amide bonds. The van der Waals surface area contributed by atoms with Crippen LogP contribution in [0.15, 0.2) is 169 Å². The molecule has 42 heavy (non-hydrogen) atoms. The van der Waals surface area contributed by atoms with E-state index in [1.165, 1.54) is 26.5 Å². The highest BCUT2D eigenvalue weighted by Gasteiger charge is 2.45. The molecule has 0 bridgehead atoms. The molecular weight excluding hydrogens is 550 g/mol. The van der Waals surface area contributed by atoms with E-state index >= 15 is 0 Å². The van der Waals surface area contributed by atoms with Crippen molar-refractivity contribution in [1.82, 2.24) is 0 Å². The van der Waals surface area contributed by atoms with Crippen LogP contribution in [0, 0.1) is 11.8 Å². The summed E-state index contributed by atoms with van der Waals surface area (Å²) >= 11 is 0. The standard InChI is InChI=1S/C38H36O2P2/c1-39-33-25-15-27-35(41(29-17-7-3-8-18-29)30-19-9-4-10-20-30)37(33)38-34(40-2)26-16-28-36(38)42(31-21-11-5-12-22-31)32-23-13-6-14-24-32/h3-28,33,36-38H,1-2H3/t33?,36-,37-,38?/m0/s1. The van der Waals surface area contributed by atoms with Crippen LogP contribution in [0.2, 0.25) is 0 Å². The zero-order valence-corrected chi connectivity index (χ0v) is 25.8. The Morgan fingerprint density at radius 1 is 0.524 bits per heavy atom. The molecule has 0 radical (unpaired) electrons. The van der Waals surface area contributed by atoms with E-state index in [9.17, 15) is 0 Å². The van der Waals surface area contributed by atoms with Gasteiger partial charge >= 0.3 is 0 Å². The lowest BCUT2D eigenvalue weighted by Crippen LogP contribution is -2.41. The third-order valence-electron chi connectivity index (χ3n) is 8.08. The predicted molar refractivity (Wildman–Crippen MR) is 181 cm³/mol. The van der Waals surface area contributed by atoms with Gasteiger partial charge in [-0.25, -0.2) is 0 Å². The molecule has 0 fully saturated rings. The molecule has 0 saturated carbocycles. The number of allylic oxidation sites excluding steroid dienone is 6. The Labute approximate surface area is 252 Å². The normalized spacial score (nSPS) is 21.7. The van der Waals surface area contributed by atoms with Crippen LogP contribution < -0.4 is 21.2 Å². The van der Waals surface area contributed by atoms with Crippen LogP contribution in [-0.4, -0.2) is 26.0 Å². The van der Waals surface area contributed by atoms with Crippen LogP contribution in [0.3, 0.4) is 0 Å². The Hall–Kier alpha value is -3.54. The van der Waals surface area contributed by atoms with Crippen LogP contribution in [0.5, 0.6) is 0 Å². The fourth-order valence-corrected chi connectivity index (χ4v) is 11.8. The summed E-state index contributed by atoms with van der Waals surface area (Å²) in [6.45, 7) is 0. The molecule has 210 valence electrons. The van der Waals surface area contributed by atoms with E-state index < -0.39 is 15.8 Å². The average Bonchev–Trinajstić information content (AvgIpc) is 3.07. The summed E-state index contributed by atoms with van der Waals surface area (Å²) in [5.41, 5.74) is 0.214. The summed E-state index contributed by atoms with van der Waals surface area (Å²) in [7, 11) is 2.12. The molecular formula is C38H36O2P2. The van der Waals surface area contributed by atoms with Gasteiger partial charge in [-0.2, -0.15) is 0 Å². The molecule has 0 N–H and O–H groups in total. The van der Waals surface area contributed by atoms with E-state index in [1.807, 2.05) is 14.2 Å². The third kappa shape index (κ3) is 5.86. The lowest BCUT2D eigenvalue weighted by Gasteiger charge is -2.44. The van der Waals surface area contributed by atoms with Crippen molar-refractivity contribution in [2.45, 2.75) is 11.8 Å². The predicted octanol–water partition coefficient (Wildman–Crippen LogP) is 7.42. The number of ether oxygens (including phenoxy) is 2. The Bertz CT molecular complexity index is 1480. The van der Waals surface area contributed by atoms with Crippen molar-refractivity contribution < 1.29 is 9.47 Å². The Morgan fingerprint density at radius 3 is 1.48 bits per heavy atom. The van der Waals surface area contributed by atoms with Gasteiger partial charge in [0, 0.05) is 24.6 Å². The number of benzene rings is 4. The van der Waals surface area contributed by atoms with Gasteiger partial charge in [0.15, 0.2) is 0 Å². The van der Waals surface area contributed by atoms with Crippen LogP contribution in [0.4, 0.5) is 0 Å². The summed E-state index contributed by atoms with van der Waals surface area (Å²) in [6.07, 6.45) is 13.5. The molecule has 0 spiro atoms. The van der Waals surface area contributed by atoms with Crippen LogP contribution in [0.1, 0.15) is 0 Å². The molecule has 2 unspecified atom stereocenters. The molecule has 2 aliphatic rings. The second-order valence-electron chi connectivity index (χ2n) is 10.4. The zero-order valence-electron chi connectivity index (χ0n) is 24.0. The van der Waals surface area contributed by atoms with E-state index in [4.69, 9.17) is 9.47 Å². The molecule has 4 aromatic carbocycles. The van der Waals surface area contributed by atoms with Crippen molar-refractivity contribution in [2.75, 3.05) is 14.2 Å². The van der Waals surface area contributed by atoms with Crippen molar-refractivity contribution in [3.8, 4) is 0 Å². The smallest absolute Gasteiger partial charge is 0.100 e. The first kappa shape index (κ1) is 28.6. The molecule has 2 nitrogen and oxygen atoms in total. The molecule has 2 aliphatic carbocycles. The lowest BCUT2D eigenvalue weighted by molar-refractivity contribution is 0.0736. The van der Waals surface area contributed by atoms with Gasteiger partial charge in [0.2, 0.25) is 0 Å². The van der Waals surface area contributed by atoms with Gasteiger partial charge in [-0.3, -0.25) is 0 Å². The number of hydrogen-bond acceptors (Lipinski definition) is 2. The lowest BCUT2D eigenvalue weighted by atomic mass is 9.79. The molecule has 6 rings (SSSR count). The highest BCUT2D eigenvalue weighted by Crippen LogP contribution is 2.57. The van der Waals surface area contributed by atoms with E-state index in [0.717, 1.165) is 5.76 Å². The highest BCUT2D eigenvalue weighted by atomic mass is 31.1. The van der Waals surface area contributed by atoms with Gasteiger partial charge < -0.3 is 9.47 Å². The van der Waals surface area contributed by atoms with E-state index in [-0.39, 0.29) is 23.6 Å². The summed E-state index contributed by atoms with van der Waals surface area (Å²) in [5, 5.41) is 6.85. The Morgan fingerprint density at radius 2 is 1.00 bits per heavy atom. The second-order valence-corrected chi connectivity index (χ2v) is 15.0. The van der Waals surface area contributed by atoms with Gasteiger partial charge in [0.1, 0.15) is 5.76 Å². The van der Waals surface area contributed by atoms with E-state index in [2.05, 4.69) is 158 Å². The van der Waals surface area contributed by atoms with Gasteiger partial charge in [0.05, 0.1) is 13.2 Å². The summed E-state index contributed by atoms with van der Waals surface area (Å²) in [4.78, 5) is 0. The molecule has 4 atom stereocenters.